The smallest absolute Gasteiger partial charge is 0.110 e. The van der Waals surface area contributed by atoms with Crippen LogP contribution in [-0.4, -0.2) is 40.8 Å². The maximum absolute atomic E-state index is 5.46. The highest BCUT2D eigenvalue weighted by Crippen LogP contribution is 2.19. The predicted octanol–water partition coefficient (Wildman–Crippen LogP) is 1.31. The molecule has 3 rings (SSSR count). The van der Waals surface area contributed by atoms with Crippen LogP contribution in [-0.2, 0) is 11.2 Å². The molecule has 1 atom stereocenters. The van der Waals surface area contributed by atoms with Crippen LogP contribution in [0.15, 0.2) is 24.4 Å². The Labute approximate surface area is 112 Å². The number of aryl methyl sites for hydroxylation is 1. The van der Waals surface area contributed by atoms with Crippen molar-refractivity contribution in [1.82, 2.24) is 20.3 Å². The molecule has 3 heterocycles. The molecule has 0 amide bonds. The Kier molecular flexibility index (Phi) is 3.57. The number of hydrogen-bond donors (Lipinski definition) is 2. The van der Waals surface area contributed by atoms with E-state index in [1.54, 1.807) is 6.20 Å². The summed E-state index contributed by atoms with van der Waals surface area (Å²) in [6.07, 6.45) is 2.65. The van der Waals surface area contributed by atoms with Crippen LogP contribution in [0.4, 0.5) is 0 Å². The van der Waals surface area contributed by atoms with E-state index in [2.05, 4.69) is 20.3 Å². The Balaban J connectivity index is 1.77. The number of morpholine rings is 1. The fourth-order valence-electron chi connectivity index (χ4n) is 2.36. The van der Waals surface area contributed by atoms with E-state index >= 15 is 0 Å². The fourth-order valence-corrected chi connectivity index (χ4v) is 2.36. The average molecular weight is 258 g/mol. The number of rotatable bonds is 3. The number of nitrogens with one attached hydrogen (secondary N) is 2. The van der Waals surface area contributed by atoms with Crippen LogP contribution in [0.3, 0.4) is 0 Å². The molecule has 0 aromatic carbocycles. The van der Waals surface area contributed by atoms with Crippen molar-refractivity contribution in [2.75, 3.05) is 19.8 Å². The summed E-state index contributed by atoms with van der Waals surface area (Å²) in [5.41, 5.74) is 2.91. The Bertz CT molecular complexity index is 532. The van der Waals surface area contributed by atoms with E-state index in [4.69, 9.17) is 4.74 Å². The second-order valence-electron chi connectivity index (χ2n) is 4.80. The van der Waals surface area contributed by atoms with E-state index in [0.717, 1.165) is 49.1 Å². The number of H-pyrrole nitrogens is 1. The topological polar surface area (TPSA) is 62.8 Å². The van der Waals surface area contributed by atoms with Gasteiger partial charge in [-0.25, -0.2) is 4.98 Å². The van der Waals surface area contributed by atoms with Gasteiger partial charge in [-0.05, 0) is 19.1 Å². The molecule has 5 heteroatoms. The number of hydrogen-bond acceptors (Lipinski definition) is 4. The summed E-state index contributed by atoms with van der Waals surface area (Å²) in [6.45, 7) is 4.49. The molecule has 0 saturated carbocycles. The second kappa shape index (κ2) is 5.50. The molecule has 100 valence electrons. The minimum atomic E-state index is 0.343. The first-order chi connectivity index (χ1) is 9.33. The number of aromatic nitrogens is 3. The van der Waals surface area contributed by atoms with Crippen molar-refractivity contribution in [3.63, 3.8) is 0 Å². The zero-order valence-electron chi connectivity index (χ0n) is 11.0. The van der Waals surface area contributed by atoms with Gasteiger partial charge in [0, 0.05) is 30.9 Å². The molecule has 19 heavy (non-hydrogen) atoms. The van der Waals surface area contributed by atoms with Gasteiger partial charge in [0.1, 0.15) is 11.5 Å². The fraction of sp³-hybridized carbons (Fsp3) is 0.429. The van der Waals surface area contributed by atoms with Crippen LogP contribution in [0, 0.1) is 6.92 Å². The van der Waals surface area contributed by atoms with Gasteiger partial charge in [0.2, 0.25) is 0 Å². The first-order valence-corrected chi connectivity index (χ1v) is 6.61. The minimum Gasteiger partial charge on any atom is -0.379 e. The van der Waals surface area contributed by atoms with Gasteiger partial charge in [-0.15, -0.1) is 0 Å². The van der Waals surface area contributed by atoms with Crippen LogP contribution >= 0.6 is 0 Å². The van der Waals surface area contributed by atoms with Gasteiger partial charge in [-0.3, -0.25) is 4.98 Å². The Morgan fingerprint density at radius 2 is 2.37 bits per heavy atom. The highest BCUT2D eigenvalue weighted by molar-refractivity contribution is 5.56. The molecular formula is C14H18N4O. The Morgan fingerprint density at radius 3 is 3.11 bits per heavy atom. The molecule has 1 aliphatic rings. The third kappa shape index (κ3) is 2.83. The second-order valence-corrected chi connectivity index (χ2v) is 4.80. The molecule has 2 aromatic heterocycles. The van der Waals surface area contributed by atoms with Crippen molar-refractivity contribution in [1.29, 1.82) is 0 Å². The van der Waals surface area contributed by atoms with Gasteiger partial charge < -0.3 is 15.0 Å². The summed E-state index contributed by atoms with van der Waals surface area (Å²) < 4.78 is 5.46. The third-order valence-electron chi connectivity index (χ3n) is 3.28. The van der Waals surface area contributed by atoms with Gasteiger partial charge in [-0.1, -0.05) is 6.07 Å². The highest BCUT2D eigenvalue weighted by Gasteiger charge is 2.17. The SMILES string of the molecule is Cc1[nH]c(CC2COCCN2)nc1-c1ccccn1. The van der Waals surface area contributed by atoms with Gasteiger partial charge in [0.05, 0.1) is 18.9 Å². The van der Waals surface area contributed by atoms with Crippen LogP contribution < -0.4 is 5.32 Å². The summed E-state index contributed by atoms with van der Waals surface area (Å²) in [6, 6.07) is 6.22. The molecule has 0 aliphatic carbocycles. The normalized spacial score (nSPS) is 19.5. The van der Waals surface area contributed by atoms with E-state index in [1.165, 1.54) is 0 Å². The Hall–Kier alpha value is -1.72. The summed E-state index contributed by atoms with van der Waals surface area (Å²) in [4.78, 5) is 12.4. The first-order valence-electron chi connectivity index (χ1n) is 6.61. The van der Waals surface area contributed by atoms with Crippen LogP contribution in [0.1, 0.15) is 11.5 Å². The molecule has 1 fully saturated rings. The van der Waals surface area contributed by atoms with Crippen LogP contribution in [0.5, 0.6) is 0 Å². The zero-order chi connectivity index (χ0) is 13.1. The summed E-state index contributed by atoms with van der Waals surface area (Å²) in [5.74, 6) is 0.987. The van der Waals surface area contributed by atoms with E-state index in [-0.39, 0.29) is 0 Å². The summed E-state index contributed by atoms with van der Waals surface area (Å²) in [5, 5.41) is 3.44. The molecular weight excluding hydrogens is 240 g/mol. The van der Waals surface area contributed by atoms with Crippen LogP contribution in [0.2, 0.25) is 0 Å². The number of imidazole rings is 1. The van der Waals surface area contributed by atoms with Gasteiger partial charge >= 0.3 is 0 Å². The maximum atomic E-state index is 5.46. The lowest BCUT2D eigenvalue weighted by Crippen LogP contribution is -2.42. The zero-order valence-corrected chi connectivity index (χ0v) is 11.0. The first kappa shape index (κ1) is 12.3. The van der Waals surface area contributed by atoms with Crippen molar-refractivity contribution < 1.29 is 4.74 Å². The van der Waals surface area contributed by atoms with Crippen molar-refractivity contribution >= 4 is 0 Å². The quantitative estimate of drug-likeness (QED) is 0.871. The van der Waals surface area contributed by atoms with E-state index in [0.29, 0.717) is 6.04 Å². The maximum Gasteiger partial charge on any atom is 0.110 e. The minimum absolute atomic E-state index is 0.343. The third-order valence-corrected chi connectivity index (χ3v) is 3.28. The molecule has 0 radical (unpaired) electrons. The average Bonchev–Trinajstić information content (AvgIpc) is 2.82. The lowest BCUT2D eigenvalue weighted by molar-refractivity contribution is 0.0764. The molecule has 2 N–H and O–H groups in total. The molecule has 1 unspecified atom stereocenters. The summed E-state index contributed by atoms with van der Waals surface area (Å²) >= 11 is 0. The van der Waals surface area contributed by atoms with Crippen molar-refractivity contribution in [3.05, 3.63) is 35.9 Å². The predicted molar refractivity (Wildman–Crippen MR) is 72.9 cm³/mol. The van der Waals surface area contributed by atoms with E-state index < -0.39 is 0 Å². The van der Waals surface area contributed by atoms with E-state index in [9.17, 15) is 0 Å². The van der Waals surface area contributed by atoms with Crippen LogP contribution in [0.25, 0.3) is 11.4 Å². The number of ether oxygens (including phenoxy) is 1. The lowest BCUT2D eigenvalue weighted by Gasteiger charge is -2.22. The molecule has 0 spiro atoms. The number of aromatic amines is 1. The summed E-state index contributed by atoms with van der Waals surface area (Å²) in [7, 11) is 0. The molecule has 5 nitrogen and oxygen atoms in total. The highest BCUT2D eigenvalue weighted by atomic mass is 16.5. The molecule has 1 aliphatic heterocycles. The number of nitrogens with zero attached hydrogens (tertiary/aromatic N) is 2. The van der Waals surface area contributed by atoms with E-state index in [1.807, 2.05) is 25.1 Å². The van der Waals surface area contributed by atoms with Gasteiger partial charge in [0.25, 0.3) is 0 Å². The van der Waals surface area contributed by atoms with Crippen molar-refractivity contribution in [2.45, 2.75) is 19.4 Å². The largest absolute Gasteiger partial charge is 0.379 e. The van der Waals surface area contributed by atoms with Gasteiger partial charge in [0.15, 0.2) is 0 Å². The standard InChI is InChI=1S/C14H18N4O/c1-10-14(12-4-2-3-5-16-12)18-13(17-10)8-11-9-19-7-6-15-11/h2-5,11,15H,6-9H2,1H3,(H,17,18). The van der Waals surface area contributed by atoms with Gasteiger partial charge in [-0.2, -0.15) is 0 Å². The molecule has 2 aromatic rings. The lowest BCUT2D eigenvalue weighted by atomic mass is 10.2. The Morgan fingerprint density at radius 1 is 1.42 bits per heavy atom. The van der Waals surface area contributed by atoms with Crippen molar-refractivity contribution in [2.24, 2.45) is 0 Å². The monoisotopic (exact) mass is 258 g/mol. The van der Waals surface area contributed by atoms with Crippen molar-refractivity contribution in [3.8, 4) is 11.4 Å². The molecule has 0 bridgehead atoms. The number of pyridine rings is 1. The molecule has 1 saturated heterocycles.